The van der Waals surface area contributed by atoms with Crippen LogP contribution in [0.3, 0.4) is 0 Å². The first-order valence-corrected chi connectivity index (χ1v) is 17.4. The van der Waals surface area contributed by atoms with E-state index in [0.29, 0.717) is 5.92 Å². The molecule has 5 aromatic carbocycles. The number of dihydropyridines is 1. The quantitative estimate of drug-likeness (QED) is 0.129. The molecule has 0 bridgehead atoms. The molecule has 1 atom stereocenters. The molecule has 0 fully saturated rings. The molecular formula is C48H45N. The third-order valence-corrected chi connectivity index (χ3v) is 9.51. The molecule has 0 radical (unpaired) electrons. The summed E-state index contributed by atoms with van der Waals surface area (Å²) in [6.45, 7) is 17.4. The van der Waals surface area contributed by atoms with E-state index in [0.717, 1.165) is 59.2 Å². The molecule has 1 aliphatic rings. The second kappa shape index (κ2) is 15.6. The SMILES string of the molecule is C=Cc1cc(-c2ccc(-c3ccc(-c4cc(C5=CCCN=C5)cc(C(CCC)c5ccccc5)c4)cc3)cc2)c(/C=C\C)c(C=C)c1C=C. The van der Waals surface area contributed by atoms with Crippen molar-refractivity contribution in [3.63, 3.8) is 0 Å². The third kappa shape index (κ3) is 7.17. The minimum atomic E-state index is 0.343. The summed E-state index contributed by atoms with van der Waals surface area (Å²) >= 11 is 0. The van der Waals surface area contributed by atoms with Gasteiger partial charge in [0, 0.05) is 18.7 Å². The molecule has 1 heterocycles. The first-order valence-electron chi connectivity index (χ1n) is 17.4. The maximum atomic E-state index is 4.61. The lowest BCUT2D eigenvalue weighted by Crippen LogP contribution is -2.03. The molecule has 0 aliphatic carbocycles. The van der Waals surface area contributed by atoms with Gasteiger partial charge < -0.3 is 0 Å². The van der Waals surface area contributed by atoms with Gasteiger partial charge in [-0.2, -0.15) is 0 Å². The summed E-state index contributed by atoms with van der Waals surface area (Å²) in [6.07, 6.45) is 17.5. The molecule has 5 aromatic rings. The summed E-state index contributed by atoms with van der Waals surface area (Å²) in [5.74, 6) is 0.343. The van der Waals surface area contributed by atoms with Gasteiger partial charge in [0.25, 0.3) is 0 Å². The van der Waals surface area contributed by atoms with Crippen molar-refractivity contribution >= 4 is 36.1 Å². The highest BCUT2D eigenvalue weighted by molar-refractivity contribution is 6.10. The summed E-state index contributed by atoms with van der Waals surface area (Å²) in [7, 11) is 0. The highest BCUT2D eigenvalue weighted by Crippen LogP contribution is 2.37. The fourth-order valence-electron chi connectivity index (χ4n) is 7.04. The molecule has 1 aliphatic heterocycles. The molecule has 0 amide bonds. The van der Waals surface area contributed by atoms with Crippen molar-refractivity contribution in [3.8, 4) is 33.4 Å². The molecule has 0 saturated carbocycles. The van der Waals surface area contributed by atoms with E-state index in [1.165, 1.54) is 44.5 Å². The Balaban J connectivity index is 1.36. The van der Waals surface area contributed by atoms with Crippen LogP contribution < -0.4 is 0 Å². The van der Waals surface area contributed by atoms with Crippen molar-refractivity contribution in [2.24, 2.45) is 4.99 Å². The molecule has 0 spiro atoms. The van der Waals surface area contributed by atoms with Crippen LogP contribution >= 0.6 is 0 Å². The van der Waals surface area contributed by atoms with Crippen molar-refractivity contribution < 1.29 is 0 Å². The average molecular weight is 636 g/mol. The van der Waals surface area contributed by atoms with Crippen LogP contribution in [0.5, 0.6) is 0 Å². The highest BCUT2D eigenvalue weighted by atomic mass is 14.7. The van der Waals surface area contributed by atoms with E-state index in [1.807, 2.05) is 31.4 Å². The Hall–Kier alpha value is -5.53. The zero-order valence-electron chi connectivity index (χ0n) is 28.8. The fraction of sp³-hybridized carbons (Fsp3) is 0.146. The number of hydrogen-bond donors (Lipinski definition) is 0. The van der Waals surface area contributed by atoms with Crippen LogP contribution in [0.2, 0.25) is 0 Å². The van der Waals surface area contributed by atoms with E-state index in [1.54, 1.807) is 0 Å². The van der Waals surface area contributed by atoms with E-state index in [9.17, 15) is 0 Å². The number of nitrogens with zero attached hydrogens (tertiary/aromatic N) is 1. The highest BCUT2D eigenvalue weighted by Gasteiger charge is 2.18. The monoisotopic (exact) mass is 635 g/mol. The first kappa shape index (κ1) is 33.4. The van der Waals surface area contributed by atoms with Crippen molar-refractivity contribution in [3.05, 3.63) is 174 Å². The van der Waals surface area contributed by atoms with Gasteiger partial charge in [0.1, 0.15) is 0 Å². The zero-order valence-corrected chi connectivity index (χ0v) is 28.8. The van der Waals surface area contributed by atoms with Gasteiger partial charge in [0.05, 0.1) is 0 Å². The number of allylic oxidation sites excluding steroid dienone is 2. The Bertz CT molecular complexity index is 2050. The van der Waals surface area contributed by atoms with Crippen LogP contribution in [-0.4, -0.2) is 12.8 Å². The number of rotatable bonds is 12. The fourth-order valence-corrected chi connectivity index (χ4v) is 7.04. The maximum Gasteiger partial charge on any atom is 0.0424 e. The van der Waals surface area contributed by atoms with E-state index in [4.69, 9.17) is 0 Å². The Kier molecular flexibility index (Phi) is 10.6. The van der Waals surface area contributed by atoms with Gasteiger partial charge in [-0.05, 0) is 110 Å². The Morgan fingerprint density at radius 2 is 1.29 bits per heavy atom. The Morgan fingerprint density at radius 1 is 0.653 bits per heavy atom. The Labute approximate surface area is 293 Å². The van der Waals surface area contributed by atoms with Crippen LogP contribution in [0, 0.1) is 0 Å². The zero-order chi connectivity index (χ0) is 34.2. The Morgan fingerprint density at radius 3 is 1.86 bits per heavy atom. The van der Waals surface area contributed by atoms with Crippen LogP contribution in [-0.2, 0) is 0 Å². The number of aliphatic imine (C=N–C) groups is 1. The molecule has 1 unspecified atom stereocenters. The normalized spacial score (nSPS) is 13.2. The smallest absolute Gasteiger partial charge is 0.0424 e. The largest absolute Gasteiger partial charge is 0.292 e. The lowest BCUT2D eigenvalue weighted by molar-refractivity contribution is 0.698. The number of hydrogen-bond acceptors (Lipinski definition) is 1. The standard InChI is InChI=1S/C48H45N/c1-6-15-46(38-17-12-11-13-18-38)43-30-41(29-42(31-43)40-19-14-28-49-33-40)37-22-20-35(21-23-37)36-24-26-39(27-25-36)48-32-34(8-3)44(9-4)45(10-5)47(48)16-7-2/h7-13,16-27,29-33,46H,3-6,14-15,28H2,1-2H3/b16-7-. The van der Waals surface area contributed by atoms with Crippen molar-refractivity contribution in [2.45, 2.75) is 39.0 Å². The van der Waals surface area contributed by atoms with Crippen molar-refractivity contribution in [2.75, 3.05) is 6.54 Å². The molecule has 49 heavy (non-hydrogen) atoms. The van der Waals surface area contributed by atoms with E-state index in [-0.39, 0.29) is 0 Å². The molecule has 242 valence electrons. The van der Waals surface area contributed by atoms with Gasteiger partial charge in [-0.25, -0.2) is 0 Å². The second-order valence-electron chi connectivity index (χ2n) is 12.6. The molecule has 1 heteroatoms. The summed E-state index contributed by atoms with van der Waals surface area (Å²) in [5, 5.41) is 0. The van der Waals surface area contributed by atoms with Crippen LogP contribution in [0.1, 0.15) is 78.0 Å². The maximum absolute atomic E-state index is 4.61. The van der Waals surface area contributed by atoms with Crippen LogP contribution in [0.25, 0.3) is 63.3 Å². The van der Waals surface area contributed by atoms with Gasteiger partial charge in [0.15, 0.2) is 0 Å². The van der Waals surface area contributed by atoms with Crippen molar-refractivity contribution in [1.29, 1.82) is 0 Å². The molecule has 0 saturated heterocycles. The minimum Gasteiger partial charge on any atom is -0.292 e. The van der Waals surface area contributed by atoms with Gasteiger partial charge in [-0.3, -0.25) is 4.99 Å². The van der Waals surface area contributed by atoms with Crippen LogP contribution in [0.15, 0.2) is 140 Å². The van der Waals surface area contributed by atoms with Crippen LogP contribution in [0.4, 0.5) is 0 Å². The summed E-state index contributed by atoms with van der Waals surface area (Å²) in [5.41, 5.74) is 16.6. The first-order chi connectivity index (χ1) is 24.1. The molecule has 0 aromatic heterocycles. The van der Waals surface area contributed by atoms with E-state index < -0.39 is 0 Å². The van der Waals surface area contributed by atoms with Crippen molar-refractivity contribution in [1.82, 2.24) is 0 Å². The van der Waals surface area contributed by atoms with E-state index >= 15 is 0 Å². The topological polar surface area (TPSA) is 12.4 Å². The molecule has 6 rings (SSSR count). The summed E-state index contributed by atoms with van der Waals surface area (Å²) < 4.78 is 0. The summed E-state index contributed by atoms with van der Waals surface area (Å²) in [6, 6.07) is 38.1. The molecule has 0 N–H and O–H groups in total. The minimum absolute atomic E-state index is 0.343. The predicted molar refractivity (Wildman–Crippen MR) is 217 cm³/mol. The molecule has 1 nitrogen and oxygen atoms in total. The third-order valence-electron chi connectivity index (χ3n) is 9.51. The van der Waals surface area contributed by atoms with Gasteiger partial charge in [-0.1, -0.05) is 161 Å². The predicted octanol–water partition coefficient (Wildman–Crippen LogP) is 13.4. The van der Waals surface area contributed by atoms with E-state index in [2.05, 4.69) is 153 Å². The van der Waals surface area contributed by atoms with Gasteiger partial charge >= 0.3 is 0 Å². The second-order valence-corrected chi connectivity index (χ2v) is 12.6. The van der Waals surface area contributed by atoms with Gasteiger partial charge in [-0.15, -0.1) is 0 Å². The number of benzene rings is 5. The van der Waals surface area contributed by atoms with Gasteiger partial charge in [0.2, 0.25) is 0 Å². The lowest BCUT2D eigenvalue weighted by atomic mass is 9.84. The summed E-state index contributed by atoms with van der Waals surface area (Å²) in [4.78, 5) is 4.61. The molecular weight excluding hydrogens is 591 g/mol. The average Bonchev–Trinajstić information content (AvgIpc) is 3.17. The lowest BCUT2D eigenvalue weighted by Gasteiger charge is -2.21.